The fourth-order valence-electron chi connectivity index (χ4n) is 1.83. The average Bonchev–Trinajstić information content (AvgIpc) is 2.40. The predicted octanol–water partition coefficient (Wildman–Crippen LogP) is 1.39. The van der Waals surface area contributed by atoms with Crippen LogP contribution in [0.2, 0.25) is 0 Å². The largest absolute Gasteiger partial charge is 0.370 e. The summed E-state index contributed by atoms with van der Waals surface area (Å²) in [5.74, 6) is 0.334. The molecule has 1 aromatic carbocycles. The predicted molar refractivity (Wildman–Crippen MR) is 88.0 cm³/mol. The van der Waals surface area contributed by atoms with Crippen molar-refractivity contribution in [3.05, 3.63) is 29.8 Å². The van der Waals surface area contributed by atoms with E-state index in [4.69, 9.17) is 5.73 Å². The number of hydrogen-bond acceptors (Lipinski definition) is 3. The van der Waals surface area contributed by atoms with Gasteiger partial charge in [0.15, 0.2) is 5.96 Å². The van der Waals surface area contributed by atoms with E-state index < -0.39 is 10.0 Å². The number of nitrogens with two attached hydrogens (primary N) is 1. The summed E-state index contributed by atoms with van der Waals surface area (Å²) in [7, 11) is -3.13. The van der Waals surface area contributed by atoms with Gasteiger partial charge in [-0.3, -0.25) is 4.99 Å². The van der Waals surface area contributed by atoms with Gasteiger partial charge in [0.1, 0.15) is 0 Å². The minimum atomic E-state index is -3.13. The lowest BCUT2D eigenvalue weighted by atomic mass is 10.2. The first-order valence-electron chi connectivity index (χ1n) is 6.91. The molecule has 0 heterocycles. The van der Waals surface area contributed by atoms with Crippen LogP contribution in [0.3, 0.4) is 0 Å². The zero-order valence-corrected chi connectivity index (χ0v) is 13.7. The van der Waals surface area contributed by atoms with Gasteiger partial charge in [0.25, 0.3) is 0 Å². The van der Waals surface area contributed by atoms with E-state index in [1.807, 2.05) is 38.1 Å². The lowest BCUT2D eigenvalue weighted by Gasteiger charge is -2.16. The van der Waals surface area contributed by atoms with Crippen LogP contribution in [0.4, 0.5) is 5.69 Å². The number of nitrogens with zero attached hydrogens (tertiary/aromatic N) is 2. The van der Waals surface area contributed by atoms with E-state index in [0.717, 1.165) is 5.69 Å². The molecular formula is C14H24N4O2S. The standard InChI is InChI=1S/C14H24N4O2S/c1-4-18(21(3,19)20)11-5-10-16-14(15)17-13-8-6-12(2)7-9-13/h6-9H,4-5,10-11H2,1-3H3,(H3,15,16,17). The molecule has 21 heavy (non-hydrogen) atoms. The van der Waals surface area contributed by atoms with Crippen LogP contribution in [0.25, 0.3) is 0 Å². The van der Waals surface area contributed by atoms with Crippen LogP contribution in [-0.2, 0) is 10.0 Å². The highest BCUT2D eigenvalue weighted by atomic mass is 32.2. The maximum absolute atomic E-state index is 11.4. The highest BCUT2D eigenvalue weighted by molar-refractivity contribution is 7.88. The maximum Gasteiger partial charge on any atom is 0.211 e. The Bertz CT molecular complexity index is 567. The number of hydrogen-bond donors (Lipinski definition) is 2. The van der Waals surface area contributed by atoms with Crippen LogP contribution >= 0.6 is 0 Å². The van der Waals surface area contributed by atoms with Crippen molar-refractivity contribution in [1.82, 2.24) is 4.31 Å². The van der Waals surface area contributed by atoms with Gasteiger partial charge in [-0.05, 0) is 25.5 Å². The fraction of sp³-hybridized carbons (Fsp3) is 0.500. The van der Waals surface area contributed by atoms with Gasteiger partial charge in [0, 0.05) is 25.3 Å². The van der Waals surface area contributed by atoms with Gasteiger partial charge in [0.2, 0.25) is 10.0 Å². The second-order valence-corrected chi connectivity index (χ2v) is 6.85. The molecule has 1 rings (SSSR count). The van der Waals surface area contributed by atoms with Gasteiger partial charge >= 0.3 is 0 Å². The van der Waals surface area contributed by atoms with Crippen LogP contribution in [-0.4, -0.2) is 44.6 Å². The van der Waals surface area contributed by atoms with E-state index in [1.165, 1.54) is 16.1 Å². The molecule has 1 aromatic rings. The van der Waals surface area contributed by atoms with E-state index in [-0.39, 0.29) is 0 Å². The molecule has 0 saturated carbocycles. The van der Waals surface area contributed by atoms with Crippen LogP contribution < -0.4 is 11.1 Å². The van der Waals surface area contributed by atoms with Crippen LogP contribution in [0.5, 0.6) is 0 Å². The van der Waals surface area contributed by atoms with E-state index in [2.05, 4.69) is 10.3 Å². The summed E-state index contributed by atoms with van der Waals surface area (Å²) in [4.78, 5) is 4.19. The number of benzene rings is 1. The Hall–Kier alpha value is -1.60. The van der Waals surface area contributed by atoms with Gasteiger partial charge in [0.05, 0.1) is 6.26 Å². The third-order valence-electron chi connectivity index (χ3n) is 2.99. The van der Waals surface area contributed by atoms with Crippen molar-refractivity contribution in [3.63, 3.8) is 0 Å². The smallest absolute Gasteiger partial charge is 0.211 e. The lowest BCUT2D eigenvalue weighted by molar-refractivity contribution is 0.427. The van der Waals surface area contributed by atoms with Crippen molar-refractivity contribution in [2.75, 3.05) is 31.2 Å². The monoisotopic (exact) mass is 312 g/mol. The van der Waals surface area contributed by atoms with Gasteiger partial charge in [-0.2, -0.15) is 0 Å². The topological polar surface area (TPSA) is 87.8 Å². The van der Waals surface area contributed by atoms with E-state index >= 15 is 0 Å². The van der Waals surface area contributed by atoms with Crippen LogP contribution in [0, 0.1) is 6.92 Å². The van der Waals surface area contributed by atoms with Crippen molar-refractivity contribution in [2.45, 2.75) is 20.3 Å². The lowest BCUT2D eigenvalue weighted by Crippen LogP contribution is -2.31. The summed E-state index contributed by atoms with van der Waals surface area (Å²) in [6, 6.07) is 7.84. The van der Waals surface area contributed by atoms with Crippen molar-refractivity contribution < 1.29 is 8.42 Å². The molecule has 0 saturated heterocycles. The van der Waals surface area contributed by atoms with E-state index in [9.17, 15) is 8.42 Å². The molecule has 0 aromatic heterocycles. The number of aryl methyl sites for hydroxylation is 1. The second-order valence-electron chi connectivity index (χ2n) is 4.87. The molecule has 0 fully saturated rings. The summed E-state index contributed by atoms with van der Waals surface area (Å²) in [5.41, 5.74) is 7.85. The number of rotatable bonds is 7. The molecule has 7 heteroatoms. The summed E-state index contributed by atoms with van der Waals surface area (Å²) in [6.45, 7) is 5.24. The van der Waals surface area contributed by atoms with Crippen LogP contribution in [0.1, 0.15) is 18.9 Å². The molecule has 3 N–H and O–H groups in total. The van der Waals surface area contributed by atoms with Crippen molar-refractivity contribution in [1.29, 1.82) is 0 Å². The summed E-state index contributed by atoms with van der Waals surface area (Å²) in [5, 5.41) is 3.00. The number of anilines is 1. The minimum Gasteiger partial charge on any atom is -0.370 e. The normalized spacial score (nSPS) is 12.7. The zero-order valence-electron chi connectivity index (χ0n) is 12.8. The Morgan fingerprint density at radius 3 is 2.48 bits per heavy atom. The third-order valence-corrected chi connectivity index (χ3v) is 4.37. The molecule has 6 nitrogen and oxygen atoms in total. The molecule has 0 radical (unpaired) electrons. The Labute approximate surface area is 127 Å². The molecule has 0 aliphatic rings. The number of sulfonamides is 1. The average molecular weight is 312 g/mol. The highest BCUT2D eigenvalue weighted by Gasteiger charge is 2.12. The molecule has 0 spiro atoms. The van der Waals surface area contributed by atoms with Crippen molar-refractivity contribution in [2.24, 2.45) is 10.7 Å². The molecule has 0 aliphatic carbocycles. The number of aliphatic imine (C=N–C) groups is 1. The first-order chi connectivity index (χ1) is 9.82. The van der Waals surface area contributed by atoms with Crippen LogP contribution in [0.15, 0.2) is 29.3 Å². The van der Waals surface area contributed by atoms with Gasteiger partial charge < -0.3 is 11.1 Å². The second kappa shape index (κ2) is 7.99. The summed E-state index contributed by atoms with van der Waals surface area (Å²) < 4.78 is 24.2. The Morgan fingerprint density at radius 1 is 1.33 bits per heavy atom. The fourth-order valence-corrected chi connectivity index (χ4v) is 2.76. The van der Waals surface area contributed by atoms with Gasteiger partial charge in [-0.1, -0.05) is 24.6 Å². The van der Waals surface area contributed by atoms with E-state index in [0.29, 0.717) is 32.0 Å². The SMILES string of the molecule is CCN(CCCN=C(N)Nc1ccc(C)cc1)S(C)(=O)=O. The van der Waals surface area contributed by atoms with E-state index in [1.54, 1.807) is 0 Å². The number of guanidine groups is 1. The molecule has 118 valence electrons. The Kier molecular flexibility index (Phi) is 6.64. The summed E-state index contributed by atoms with van der Waals surface area (Å²) in [6.07, 6.45) is 1.85. The minimum absolute atomic E-state index is 0.334. The molecule has 0 unspecified atom stereocenters. The molecule has 0 amide bonds. The molecule has 0 aliphatic heterocycles. The zero-order chi connectivity index (χ0) is 15.9. The van der Waals surface area contributed by atoms with Crippen molar-refractivity contribution >= 4 is 21.7 Å². The summed E-state index contributed by atoms with van der Waals surface area (Å²) >= 11 is 0. The molecule has 0 bridgehead atoms. The molecular weight excluding hydrogens is 288 g/mol. The highest BCUT2D eigenvalue weighted by Crippen LogP contribution is 2.07. The van der Waals surface area contributed by atoms with Gasteiger partial charge in [-0.25, -0.2) is 12.7 Å². The maximum atomic E-state index is 11.4. The van der Waals surface area contributed by atoms with Gasteiger partial charge in [-0.15, -0.1) is 0 Å². The first kappa shape index (κ1) is 17.5. The first-order valence-corrected chi connectivity index (χ1v) is 8.76. The van der Waals surface area contributed by atoms with Crippen molar-refractivity contribution in [3.8, 4) is 0 Å². The quantitative estimate of drug-likeness (QED) is 0.452. The third kappa shape index (κ3) is 6.59. The molecule has 0 atom stereocenters. The Balaban J connectivity index is 2.41. The number of nitrogens with one attached hydrogen (secondary N) is 1. The Morgan fingerprint density at radius 2 is 1.95 bits per heavy atom.